The zero-order valence-electron chi connectivity index (χ0n) is 14.3. The second kappa shape index (κ2) is 7.30. The quantitative estimate of drug-likeness (QED) is 0.595. The fourth-order valence-corrected chi connectivity index (χ4v) is 2.77. The number of carbonyl (C=O) groups excluding carboxylic acids is 1. The molecule has 29 heavy (non-hydrogen) atoms. The Labute approximate surface area is 159 Å². The molecule has 3 rings (SSSR count). The van der Waals surface area contributed by atoms with Crippen molar-refractivity contribution in [2.45, 2.75) is 25.4 Å². The van der Waals surface area contributed by atoms with Crippen LogP contribution in [-0.4, -0.2) is 21.7 Å². The molecule has 0 radical (unpaired) electrons. The minimum absolute atomic E-state index is 0.0537. The molecule has 5 nitrogen and oxygen atoms in total. The highest BCUT2D eigenvalue weighted by Gasteiger charge is 2.37. The molecular weight excluding hydrogens is 406 g/mol. The van der Waals surface area contributed by atoms with Gasteiger partial charge in [0.2, 0.25) is 5.82 Å². The van der Waals surface area contributed by atoms with Gasteiger partial charge in [-0.2, -0.15) is 13.2 Å². The number of hydrogen-bond donors (Lipinski definition) is 0. The number of imidazole rings is 1. The average Bonchev–Trinajstić information content (AvgIpc) is 2.97. The molecule has 0 saturated heterocycles. The minimum Gasteiger partial charge on any atom is -0.550 e. The van der Waals surface area contributed by atoms with E-state index < -0.39 is 36.5 Å². The lowest BCUT2D eigenvalue weighted by molar-refractivity contribution is -0.305. The van der Waals surface area contributed by atoms with E-state index in [4.69, 9.17) is 0 Å². The van der Waals surface area contributed by atoms with Gasteiger partial charge >= 0.3 is 12.5 Å². The van der Waals surface area contributed by atoms with Gasteiger partial charge in [0.1, 0.15) is 5.75 Å². The predicted octanol–water partition coefficient (Wildman–Crippen LogP) is 3.60. The standard InChI is InChI=1S/C18H12F6N2O3/c19-17(20,21)16-25-13(6-8-15(27)28)14-7-3-11(9-26(14)16)10-1-4-12(5-2-10)29-18(22,23)24/h1-5,7,9H,6,8H2,(H,27,28)/p-1. The van der Waals surface area contributed by atoms with Crippen molar-refractivity contribution >= 4 is 11.5 Å². The zero-order valence-corrected chi connectivity index (χ0v) is 14.3. The third-order valence-electron chi connectivity index (χ3n) is 3.95. The number of ether oxygens (including phenoxy) is 1. The number of aromatic nitrogens is 2. The zero-order chi connectivity index (χ0) is 21.4. The van der Waals surface area contributed by atoms with Crippen molar-refractivity contribution in [2.75, 3.05) is 0 Å². The van der Waals surface area contributed by atoms with Crippen molar-refractivity contribution in [3.63, 3.8) is 0 Å². The van der Waals surface area contributed by atoms with Crippen molar-refractivity contribution in [1.29, 1.82) is 0 Å². The van der Waals surface area contributed by atoms with Crippen LogP contribution in [0, 0.1) is 0 Å². The highest BCUT2D eigenvalue weighted by molar-refractivity contribution is 5.69. The Bertz CT molecular complexity index is 1040. The molecular formula is C18H11F6N2O3-. The molecule has 0 bridgehead atoms. The van der Waals surface area contributed by atoms with Crippen molar-refractivity contribution in [3.05, 3.63) is 54.1 Å². The van der Waals surface area contributed by atoms with Gasteiger partial charge in [-0.15, -0.1) is 13.2 Å². The SMILES string of the molecule is O=C([O-])CCc1nc(C(F)(F)F)n2cc(-c3ccc(OC(F)(F)F)cc3)ccc12. The van der Waals surface area contributed by atoms with E-state index in [0.717, 1.165) is 22.7 Å². The van der Waals surface area contributed by atoms with Gasteiger partial charge in [0.25, 0.3) is 0 Å². The Hall–Kier alpha value is -3.24. The molecule has 3 aromatic rings. The number of pyridine rings is 1. The molecule has 11 heteroatoms. The summed E-state index contributed by atoms with van der Waals surface area (Å²) in [7, 11) is 0. The van der Waals surface area contributed by atoms with Crippen LogP contribution in [0.15, 0.2) is 42.6 Å². The van der Waals surface area contributed by atoms with E-state index in [9.17, 15) is 36.2 Å². The molecule has 0 N–H and O–H groups in total. The van der Waals surface area contributed by atoms with Crippen LogP contribution in [0.1, 0.15) is 17.9 Å². The van der Waals surface area contributed by atoms with Crippen LogP contribution in [0.4, 0.5) is 26.3 Å². The van der Waals surface area contributed by atoms with Crippen molar-refractivity contribution in [1.82, 2.24) is 9.38 Å². The van der Waals surface area contributed by atoms with Crippen molar-refractivity contribution in [2.24, 2.45) is 0 Å². The van der Waals surface area contributed by atoms with Crippen LogP contribution in [0.2, 0.25) is 0 Å². The first-order valence-electron chi connectivity index (χ1n) is 8.08. The number of halogens is 6. The molecule has 0 spiro atoms. The summed E-state index contributed by atoms with van der Waals surface area (Å²) in [6.45, 7) is 0. The molecule has 0 fully saturated rings. The molecule has 0 atom stereocenters. The number of carboxylic acid groups (broad SMARTS) is 1. The van der Waals surface area contributed by atoms with E-state index in [0.29, 0.717) is 5.56 Å². The molecule has 0 aliphatic heterocycles. The lowest BCUT2D eigenvalue weighted by Crippen LogP contribution is -2.22. The van der Waals surface area contributed by atoms with Crippen LogP contribution in [0.3, 0.4) is 0 Å². The first-order chi connectivity index (χ1) is 13.4. The third kappa shape index (κ3) is 4.79. The summed E-state index contributed by atoms with van der Waals surface area (Å²) >= 11 is 0. The summed E-state index contributed by atoms with van der Waals surface area (Å²) in [5.74, 6) is -3.12. The number of hydrogen-bond acceptors (Lipinski definition) is 4. The topological polar surface area (TPSA) is 66.7 Å². The lowest BCUT2D eigenvalue weighted by atomic mass is 10.1. The fourth-order valence-electron chi connectivity index (χ4n) is 2.77. The molecule has 0 unspecified atom stereocenters. The third-order valence-corrected chi connectivity index (χ3v) is 3.95. The summed E-state index contributed by atoms with van der Waals surface area (Å²) in [5.41, 5.74) is 0.645. The highest BCUT2D eigenvalue weighted by atomic mass is 19.4. The Morgan fingerprint density at radius 3 is 2.17 bits per heavy atom. The number of carboxylic acids is 1. The number of rotatable bonds is 5. The monoisotopic (exact) mass is 417 g/mol. The molecule has 154 valence electrons. The molecule has 0 aliphatic rings. The van der Waals surface area contributed by atoms with Gasteiger partial charge in [-0.3, -0.25) is 4.40 Å². The Kier molecular flexibility index (Phi) is 5.16. The molecule has 1 aromatic carbocycles. The van der Waals surface area contributed by atoms with Gasteiger partial charge < -0.3 is 14.6 Å². The number of alkyl halides is 6. The Morgan fingerprint density at radius 1 is 1.00 bits per heavy atom. The number of nitrogens with zero attached hydrogens (tertiary/aromatic N) is 2. The van der Waals surface area contributed by atoms with Crippen LogP contribution in [0.5, 0.6) is 5.75 Å². The van der Waals surface area contributed by atoms with Gasteiger partial charge in [-0.25, -0.2) is 4.98 Å². The van der Waals surface area contributed by atoms with E-state index in [2.05, 4.69) is 9.72 Å². The maximum atomic E-state index is 13.3. The van der Waals surface area contributed by atoms with Crippen LogP contribution >= 0.6 is 0 Å². The van der Waals surface area contributed by atoms with Crippen LogP contribution in [0.25, 0.3) is 16.6 Å². The molecule has 0 saturated carbocycles. The second-order valence-electron chi connectivity index (χ2n) is 6.00. The number of carbonyl (C=O) groups is 1. The first-order valence-corrected chi connectivity index (χ1v) is 8.08. The molecule has 0 aliphatic carbocycles. The Balaban J connectivity index is 2.01. The van der Waals surface area contributed by atoms with Gasteiger partial charge in [0.15, 0.2) is 0 Å². The van der Waals surface area contributed by atoms with Crippen molar-refractivity contribution in [3.8, 4) is 16.9 Å². The van der Waals surface area contributed by atoms with E-state index >= 15 is 0 Å². The van der Waals surface area contributed by atoms with Crippen LogP contribution in [-0.2, 0) is 17.4 Å². The van der Waals surface area contributed by atoms with Gasteiger partial charge in [-0.1, -0.05) is 18.2 Å². The smallest absolute Gasteiger partial charge is 0.550 e. The second-order valence-corrected chi connectivity index (χ2v) is 6.00. The Morgan fingerprint density at radius 2 is 1.62 bits per heavy atom. The summed E-state index contributed by atoms with van der Waals surface area (Å²) in [6.07, 6.45) is -9.27. The van der Waals surface area contributed by atoms with Gasteiger partial charge in [0.05, 0.1) is 11.2 Å². The summed E-state index contributed by atoms with van der Waals surface area (Å²) in [6, 6.07) is 7.41. The van der Waals surface area contributed by atoms with E-state index in [-0.39, 0.29) is 23.2 Å². The summed E-state index contributed by atoms with van der Waals surface area (Å²) < 4.78 is 81.2. The molecule has 2 heterocycles. The molecule has 0 amide bonds. The minimum atomic E-state index is -4.86. The maximum absolute atomic E-state index is 13.3. The average molecular weight is 417 g/mol. The number of fused-ring (bicyclic) bond motifs is 1. The summed E-state index contributed by atoms with van der Waals surface area (Å²) in [4.78, 5) is 14.1. The predicted molar refractivity (Wildman–Crippen MR) is 85.6 cm³/mol. The highest BCUT2D eigenvalue weighted by Crippen LogP contribution is 2.33. The van der Waals surface area contributed by atoms with Crippen LogP contribution < -0.4 is 9.84 Å². The van der Waals surface area contributed by atoms with Gasteiger partial charge in [-0.05, 0) is 42.2 Å². The maximum Gasteiger partial charge on any atom is 0.573 e. The van der Waals surface area contributed by atoms with E-state index in [1.807, 2.05) is 0 Å². The summed E-state index contributed by atoms with van der Waals surface area (Å²) in [5, 5.41) is 10.6. The van der Waals surface area contributed by atoms with Gasteiger partial charge in [0, 0.05) is 12.2 Å². The van der Waals surface area contributed by atoms with Crippen molar-refractivity contribution < 1.29 is 41.0 Å². The normalized spacial score (nSPS) is 12.3. The largest absolute Gasteiger partial charge is 0.573 e. The van der Waals surface area contributed by atoms with E-state index in [1.54, 1.807) is 0 Å². The first kappa shape index (κ1) is 20.5. The number of benzene rings is 1. The molecule has 2 aromatic heterocycles. The van der Waals surface area contributed by atoms with E-state index in [1.165, 1.54) is 24.3 Å². The number of aliphatic carboxylic acids is 1. The number of aryl methyl sites for hydroxylation is 1. The lowest BCUT2D eigenvalue weighted by Gasteiger charge is -2.10. The fraction of sp³-hybridized carbons (Fsp3) is 0.222.